The molecule has 1 aromatic rings. The van der Waals surface area contributed by atoms with E-state index >= 15 is 0 Å². The van der Waals surface area contributed by atoms with Gasteiger partial charge in [0.25, 0.3) is 0 Å². The van der Waals surface area contributed by atoms with E-state index in [9.17, 15) is 9.59 Å². The number of methoxy groups -OCH3 is 1. The molecule has 1 unspecified atom stereocenters. The second kappa shape index (κ2) is 10.3. The summed E-state index contributed by atoms with van der Waals surface area (Å²) in [6.07, 6.45) is 0.0786. The lowest BCUT2D eigenvalue weighted by Crippen LogP contribution is -2.33. The highest BCUT2D eigenvalue weighted by Crippen LogP contribution is 2.39. The number of nitrogens with zero attached hydrogens (tertiary/aromatic N) is 1. The third-order valence-corrected chi connectivity index (χ3v) is 4.41. The first-order chi connectivity index (χ1) is 13.9. The SMILES string of the molecule is COCCOC(=O)C1=C(C)NC(C)=C(C(=O)OCCC#N)C1c1cccc(N)c1. The van der Waals surface area contributed by atoms with Gasteiger partial charge in [0.15, 0.2) is 0 Å². The zero-order valence-corrected chi connectivity index (χ0v) is 16.8. The number of esters is 2. The average Bonchev–Trinajstić information content (AvgIpc) is 2.67. The minimum atomic E-state index is -0.718. The summed E-state index contributed by atoms with van der Waals surface area (Å²) in [6, 6.07) is 8.90. The van der Waals surface area contributed by atoms with Crippen molar-refractivity contribution < 1.29 is 23.8 Å². The van der Waals surface area contributed by atoms with Gasteiger partial charge in [-0.05, 0) is 31.5 Å². The Morgan fingerprint density at radius 3 is 2.28 bits per heavy atom. The molecule has 1 aliphatic rings. The number of hydrogen-bond donors (Lipinski definition) is 2. The van der Waals surface area contributed by atoms with Gasteiger partial charge in [0.05, 0.1) is 36.2 Å². The molecule has 0 saturated carbocycles. The summed E-state index contributed by atoms with van der Waals surface area (Å²) in [5.41, 5.74) is 8.81. The van der Waals surface area contributed by atoms with Crippen LogP contribution in [0, 0.1) is 11.3 Å². The molecular formula is C21H25N3O5. The van der Waals surface area contributed by atoms with Crippen molar-refractivity contribution >= 4 is 17.6 Å². The van der Waals surface area contributed by atoms with Crippen LogP contribution in [0.4, 0.5) is 5.69 Å². The van der Waals surface area contributed by atoms with E-state index in [-0.39, 0.29) is 31.8 Å². The van der Waals surface area contributed by atoms with Crippen molar-refractivity contribution in [1.29, 1.82) is 5.26 Å². The van der Waals surface area contributed by atoms with Gasteiger partial charge in [0, 0.05) is 24.2 Å². The van der Waals surface area contributed by atoms with Gasteiger partial charge in [-0.25, -0.2) is 9.59 Å². The quantitative estimate of drug-likeness (QED) is 0.387. The van der Waals surface area contributed by atoms with Gasteiger partial charge in [-0.2, -0.15) is 5.26 Å². The van der Waals surface area contributed by atoms with Gasteiger partial charge in [-0.15, -0.1) is 0 Å². The summed E-state index contributed by atoms with van der Waals surface area (Å²) in [6.45, 7) is 3.78. The Bertz CT molecular complexity index is 883. The Kier molecular flexibility index (Phi) is 7.80. The molecule has 1 aliphatic heterocycles. The lowest BCUT2D eigenvalue weighted by Gasteiger charge is -2.30. The molecule has 0 amide bonds. The highest BCUT2D eigenvalue weighted by Gasteiger charge is 2.38. The molecule has 0 spiro atoms. The molecule has 1 aromatic carbocycles. The number of carbonyl (C=O) groups is 2. The maximum absolute atomic E-state index is 12.9. The number of nitrogens with one attached hydrogen (secondary N) is 1. The van der Waals surface area contributed by atoms with Crippen LogP contribution in [0.2, 0.25) is 0 Å². The summed E-state index contributed by atoms with van der Waals surface area (Å²) in [5.74, 6) is -1.88. The van der Waals surface area contributed by atoms with Crippen LogP contribution in [-0.4, -0.2) is 38.9 Å². The Hall–Kier alpha value is -3.31. The van der Waals surface area contributed by atoms with Crippen molar-refractivity contribution in [2.24, 2.45) is 0 Å². The van der Waals surface area contributed by atoms with Crippen molar-refractivity contribution in [3.8, 4) is 6.07 Å². The first kappa shape index (κ1) is 22.0. The second-order valence-electron chi connectivity index (χ2n) is 6.48. The predicted octanol–water partition coefficient (Wildman–Crippen LogP) is 2.15. The minimum Gasteiger partial charge on any atom is -0.461 e. The summed E-state index contributed by atoms with van der Waals surface area (Å²) >= 11 is 0. The molecule has 3 N–H and O–H groups in total. The van der Waals surface area contributed by atoms with E-state index in [1.54, 1.807) is 38.1 Å². The molecule has 154 valence electrons. The molecule has 0 fully saturated rings. The molecule has 2 rings (SSSR count). The number of anilines is 1. The summed E-state index contributed by atoms with van der Waals surface area (Å²) in [7, 11) is 1.51. The van der Waals surface area contributed by atoms with Gasteiger partial charge < -0.3 is 25.3 Å². The normalized spacial score (nSPS) is 16.1. The Morgan fingerprint density at radius 2 is 1.72 bits per heavy atom. The van der Waals surface area contributed by atoms with E-state index in [1.807, 2.05) is 6.07 Å². The molecule has 0 bridgehead atoms. The van der Waals surface area contributed by atoms with Gasteiger partial charge in [-0.1, -0.05) is 12.1 Å². The number of nitrogens with two attached hydrogens (primary N) is 1. The fourth-order valence-electron chi connectivity index (χ4n) is 3.17. The zero-order valence-electron chi connectivity index (χ0n) is 16.8. The van der Waals surface area contributed by atoms with E-state index < -0.39 is 17.9 Å². The molecule has 8 nitrogen and oxygen atoms in total. The van der Waals surface area contributed by atoms with Crippen molar-refractivity contribution in [2.75, 3.05) is 32.7 Å². The van der Waals surface area contributed by atoms with E-state index in [0.717, 1.165) is 0 Å². The van der Waals surface area contributed by atoms with Gasteiger partial charge >= 0.3 is 11.9 Å². The van der Waals surface area contributed by atoms with Crippen LogP contribution in [0.3, 0.4) is 0 Å². The number of nitriles is 1. The summed E-state index contributed by atoms with van der Waals surface area (Å²) < 4.78 is 15.5. The average molecular weight is 399 g/mol. The highest BCUT2D eigenvalue weighted by atomic mass is 16.6. The van der Waals surface area contributed by atoms with E-state index in [1.165, 1.54) is 7.11 Å². The van der Waals surface area contributed by atoms with Crippen molar-refractivity contribution in [1.82, 2.24) is 5.32 Å². The van der Waals surface area contributed by atoms with Crippen molar-refractivity contribution in [3.05, 3.63) is 52.4 Å². The number of hydrogen-bond acceptors (Lipinski definition) is 8. The summed E-state index contributed by atoms with van der Waals surface area (Å²) in [5, 5.41) is 11.8. The van der Waals surface area contributed by atoms with Crippen molar-refractivity contribution in [3.63, 3.8) is 0 Å². The molecule has 29 heavy (non-hydrogen) atoms. The van der Waals surface area contributed by atoms with Crippen molar-refractivity contribution in [2.45, 2.75) is 26.2 Å². The molecule has 8 heteroatoms. The smallest absolute Gasteiger partial charge is 0.336 e. The zero-order chi connectivity index (χ0) is 21.4. The lowest BCUT2D eigenvalue weighted by atomic mass is 9.80. The fourth-order valence-corrected chi connectivity index (χ4v) is 3.17. The maximum Gasteiger partial charge on any atom is 0.336 e. The lowest BCUT2D eigenvalue weighted by molar-refractivity contribution is -0.141. The van der Waals surface area contributed by atoms with Crippen LogP contribution < -0.4 is 11.1 Å². The second-order valence-corrected chi connectivity index (χ2v) is 6.48. The molecule has 1 atom stereocenters. The highest BCUT2D eigenvalue weighted by molar-refractivity contribution is 6.00. The van der Waals surface area contributed by atoms with Crippen LogP contribution in [0.5, 0.6) is 0 Å². The standard InChI is InChI=1S/C21H25N3O5/c1-13-17(20(25)28-9-5-8-22)19(15-6-4-7-16(23)12-15)18(14(2)24-13)21(26)29-11-10-27-3/h4,6-7,12,19,24H,5,9-11,23H2,1-3H3. The third kappa shape index (κ3) is 5.36. The number of dihydropyridines is 1. The van der Waals surface area contributed by atoms with Gasteiger partial charge in [0.1, 0.15) is 13.2 Å². The molecule has 1 heterocycles. The maximum atomic E-state index is 12.9. The molecule has 0 radical (unpaired) electrons. The van der Waals surface area contributed by atoms with Gasteiger partial charge in [-0.3, -0.25) is 0 Å². The van der Waals surface area contributed by atoms with Crippen LogP contribution >= 0.6 is 0 Å². The van der Waals surface area contributed by atoms with E-state index in [2.05, 4.69) is 5.32 Å². The number of carbonyl (C=O) groups excluding carboxylic acids is 2. The number of benzene rings is 1. The molecule has 0 aromatic heterocycles. The van der Waals surface area contributed by atoms with E-state index in [4.69, 9.17) is 25.2 Å². The van der Waals surface area contributed by atoms with Crippen LogP contribution in [0.15, 0.2) is 46.8 Å². The number of nitrogen functional groups attached to an aromatic ring is 1. The van der Waals surface area contributed by atoms with Crippen LogP contribution in [0.1, 0.15) is 31.7 Å². The summed E-state index contributed by atoms with van der Waals surface area (Å²) in [4.78, 5) is 25.7. The number of ether oxygens (including phenoxy) is 3. The molecule has 0 aliphatic carbocycles. The fraction of sp³-hybridized carbons (Fsp3) is 0.381. The molecular weight excluding hydrogens is 374 g/mol. The number of rotatable bonds is 8. The molecule has 0 saturated heterocycles. The van der Waals surface area contributed by atoms with E-state index in [0.29, 0.717) is 28.2 Å². The van der Waals surface area contributed by atoms with Gasteiger partial charge in [0.2, 0.25) is 0 Å². The van der Waals surface area contributed by atoms with Crippen LogP contribution in [-0.2, 0) is 23.8 Å². The third-order valence-electron chi connectivity index (χ3n) is 4.41. The largest absolute Gasteiger partial charge is 0.461 e. The Labute approximate surface area is 169 Å². The first-order valence-corrected chi connectivity index (χ1v) is 9.14. The Morgan fingerprint density at radius 1 is 1.10 bits per heavy atom. The monoisotopic (exact) mass is 399 g/mol. The first-order valence-electron chi connectivity index (χ1n) is 9.14. The minimum absolute atomic E-state index is 0.0356. The topological polar surface area (TPSA) is 124 Å². The Balaban J connectivity index is 2.48. The number of allylic oxidation sites excluding steroid dienone is 2. The predicted molar refractivity (Wildman–Crippen MR) is 106 cm³/mol. The van der Waals surface area contributed by atoms with Crippen LogP contribution in [0.25, 0.3) is 0 Å².